The summed E-state index contributed by atoms with van der Waals surface area (Å²) in [6, 6.07) is 17.4. The first-order valence-electron chi connectivity index (χ1n) is 7.69. The van der Waals surface area contributed by atoms with Crippen LogP contribution in [0.4, 0.5) is 4.39 Å². The summed E-state index contributed by atoms with van der Waals surface area (Å²) in [4.78, 5) is 2.43. The van der Waals surface area contributed by atoms with Gasteiger partial charge in [-0.25, -0.2) is 4.39 Å². The molecule has 1 aliphatic heterocycles. The van der Waals surface area contributed by atoms with Crippen LogP contribution in [0.3, 0.4) is 0 Å². The molecule has 0 amide bonds. The van der Waals surface area contributed by atoms with Crippen molar-refractivity contribution in [3.05, 3.63) is 89.3 Å². The molecule has 0 atom stereocenters. The summed E-state index contributed by atoms with van der Waals surface area (Å²) in [5.41, 5.74) is 3.28. The van der Waals surface area contributed by atoms with E-state index in [1.54, 1.807) is 12.1 Å². The number of nitrogens with zero attached hydrogens (tertiary/aromatic N) is 1. The molecule has 1 aliphatic rings. The summed E-state index contributed by atoms with van der Waals surface area (Å²) >= 11 is 0. The predicted molar refractivity (Wildman–Crippen MR) is 89.9 cm³/mol. The van der Waals surface area contributed by atoms with E-state index in [9.17, 15) is 4.39 Å². The van der Waals surface area contributed by atoms with Crippen molar-refractivity contribution in [1.29, 1.82) is 0 Å². The molecule has 1 nitrogen and oxygen atoms in total. The summed E-state index contributed by atoms with van der Waals surface area (Å²) in [6.45, 7) is 2.98. The molecule has 1 heterocycles. The van der Waals surface area contributed by atoms with Crippen molar-refractivity contribution in [3.63, 3.8) is 0 Å². The van der Waals surface area contributed by atoms with Gasteiger partial charge in [-0.3, -0.25) is 4.90 Å². The topological polar surface area (TPSA) is 3.24 Å². The van der Waals surface area contributed by atoms with E-state index in [0.29, 0.717) is 5.56 Å². The first-order chi connectivity index (χ1) is 10.8. The van der Waals surface area contributed by atoms with E-state index >= 15 is 0 Å². The highest BCUT2D eigenvalue weighted by molar-refractivity contribution is 5.53. The fourth-order valence-corrected chi connectivity index (χ4v) is 2.67. The lowest BCUT2D eigenvalue weighted by atomic mass is 10.1. The highest BCUT2D eigenvalue weighted by Gasteiger charge is 2.10. The lowest BCUT2D eigenvalue weighted by Gasteiger charge is -2.25. The minimum absolute atomic E-state index is 0.166. The quantitative estimate of drug-likeness (QED) is 0.791. The number of hydrogen-bond donors (Lipinski definition) is 0. The van der Waals surface area contributed by atoms with Gasteiger partial charge in [0.1, 0.15) is 5.82 Å². The minimum Gasteiger partial charge on any atom is -0.295 e. The summed E-state index contributed by atoms with van der Waals surface area (Å²) in [5, 5.41) is 0. The lowest BCUT2D eigenvalue weighted by molar-refractivity contribution is 0.287. The maximum absolute atomic E-state index is 13.6. The van der Waals surface area contributed by atoms with Gasteiger partial charge in [-0.1, -0.05) is 66.8 Å². The number of hydrogen-bond acceptors (Lipinski definition) is 1. The Kier molecular flexibility index (Phi) is 4.81. The van der Waals surface area contributed by atoms with E-state index in [4.69, 9.17) is 0 Å². The third-order valence-corrected chi connectivity index (χ3v) is 3.96. The first-order valence-corrected chi connectivity index (χ1v) is 7.69. The highest BCUT2D eigenvalue weighted by atomic mass is 19.1. The van der Waals surface area contributed by atoms with E-state index in [2.05, 4.69) is 35.2 Å². The van der Waals surface area contributed by atoms with Crippen LogP contribution in [0.1, 0.15) is 17.5 Å². The van der Waals surface area contributed by atoms with Gasteiger partial charge in [0.05, 0.1) is 0 Å². The van der Waals surface area contributed by atoms with Crippen molar-refractivity contribution in [3.8, 4) is 0 Å². The molecule has 0 saturated carbocycles. The Morgan fingerprint density at radius 3 is 2.45 bits per heavy atom. The second kappa shape index (κ2) is 7.19. The lowest BCUT2D eigenvalue weighted by Crippen LogP contribution is -2.27. The molecular formula is C20H20FN. The van der Waals surface area contributed by atoms with Crippen molar-refractivity contribution in [2.24, 2.45) is 0 Å². The first kappa shape index (κ1) is 14.7. The zero-order valence-electron chi connectivity index (χ0n) is 12.6. The summed E-state index contributed by atoms with van der Waals surface area (Å²) in [6.07, 6.45) is 7.16. The maximum Gasteiger partial charge on any atom is 0.130 e. The zero-order valence-corrected chi connectivity index (χ0v) is 12.6. The van der Waals surface area contributed by atoms with Crippen molar-refractivity contribution >= 4 is 6.08 Å². The van der Waals surface area contributed by atoms with Gasteiger partial charge in [0, 0.05) is 25.2 Å². The monoisotopic (exact) mass is 293 g/mol. The molecule has 0 radical (unpaired) electrons. The third-order valence-electron chi connectivity index (χ3n) is 3.96. The molecule has 0 bridgehead atoms. The summed E-state index contributed by atoms with van der Waals surface area (Å²) < 4.78 is 13.6. The Morgan fingerprint density at radius 2 is 1.73 bits per heavy atom. The van der Waals surface area contributed by atoms with Gasteiger partial charge in [0.15, 0.2) is 0 Å². The molecule has 0 saturated heterocycles. The molecule has 22 heavy (non-hydrogen) atoms. The smallest absolute Gasteiger partial charge is 0.130 e. The second-order valence-corrected chi connectivity index (χ2v) is 5.60. The van der Waals surface area contributed by atoms with Gasteiger partial charge in [-0.05, 0) is 23.6 Å². The van der Waals surface area contributed by atoms with E-state index < -0.39 is 0 Å². The van der Waals surface area contributed by atoms with Gasteiger partial charge in [0.25, 0.3) is 0 Å². The molecule has 0 aromatic heterocycles. The van der Waals surface area contributed by atoms with Gasteiger partial charge in [0.2, 0.25) is 0 Å². The number of benzene rings is 2. The van der Waals surface area contributed by atoms with E-state index in [0.717, 1.165) is 26.1 Å². The molecule has 2 aromatic rings. The van der Waals surface area contributed by atoms with Crippen molar-refractivity contribution in [2.45, 2.75) is 13.0 Å². The van der Waals surface area contributed by atoms with Crippen LogP contribution in [-0.2, 0) is 6.54 Å². The highest BCUT2D eigenvalue weighted by Crippen LogP contribution is 2.17. The van der Waals surface area contributed by atoms with E-state index in [1.165, 1.54) is 17.2 Å². The minimum atomic E-state index is -0.166. The second-order valence-electron chi connectivity index (χ2n) is 5.60. The Labute approximate surface area is 131 Å². The average Bonchev–Trinajstić information content (AvgIpc) is 2.56. The molecule has 2 heteroatoms. The molecule has 0 unspecified atom stereocenters. The van der Waals surface area contributed by atoms with Crippen LogP contribution in [0.15, 0.2) is 72.3 Å². The van der Waals surface area contributed by atoms with Crippen molar-refractivity contribution < 1.29 is 4.39 Å². The normalized spacial score (nSPS) is 16.0. The predicted octanol–water partition coefficient (Wildman–Crippen LogP) is 4.67. The van der Waals surface area contributed by atoms with Gasteiger partial charge >= 0.3 is 0 Å². The van der Waals surface area contributed by atoms with Gasteiger partial charge < -0.3 is 0 Å². The van der Waals surface area contributed by atoms with Crippen molar-refractivity contribution in [2.75, 3.05) is 13.1 Å². The molecule has 0 N–H and O–H groups in total. The van der Waals surface area contributed by atoms with Gasteiger partial charge in [-0.15, -0.1) is 0 Å². The van der Waals surface area contributed by atoms with E-state index in [1.807, 2.05) is 24.3 Å². The van der Waals surface area contributed by atoms with Crippen LogP contribution < -0.4 is 0 Å². The number of allylic oxidation sites excluding steroid dienone is 1. The Balaban J connectivity index is 1.58. The fraction of sp³-hybridized carbons (Fsp3) is 0.200. The zero-order chi connectivity index (χ0) is 15.2. The van der Waals surface area contributed by atoms with Crippen molar-refractivity contribution in [1.82, 2.24) is 4.90 Å². The molecule has 0 fully saturated rings. The maximum atomic E-state index is 13.6. The molecule has 2 aromatic carbocycles. The molecular weight excluding hydrogens is 273 g/mol. The van der Waals surface area contributed by atoms with Crippen LogP contribution in [-0.4, -0.2) is 18.0 Å². The van der Waals surface area contributed by atoms with Crippen LogP contribution in [0.25, 0.3) is 6.08 Å². The largest absolute Gasteiger partial charge is 0.295 e. The fourth-order valence-electron chi connectivity index (χ4n) is 2.67. The van der Waals surface area contributed by atoms with Crippen LogP contribution in [0.2, 0.25) is 0 Å². The SMILES string of the molecule is Fc1ccccc1/C=C/C1=CCN(Cc2ccccc2)CC1. The molecule has 112 valence electrons. The van der Waals surface area contributed by atoms with Crippen LogP contribution in [0.5, 0.6) is 0 Å². The van der Waals surface area contributed by atoms with Gasteiger partial charge in [-0.2, -0.15) is 0 Å². The molecule has 0 spiro atoms. The Morgan fingerprint density at radius 1 is 0.955 bits per heavy atom. The Hall–Kier alpha value is -2.19. The standard InChI is InChI=1S/C20H20FN/c21-20-9-5-4-8-19(20)11-10-17-12-14-22(15-13-17)16-18-6-2-1-3-7-18/h1-12H,13-16H2/b11-10+. The number of rotatable bonds is 4. The number of halogens is 1. The van der Waals surface area contributed by atoms with E-state index in [-0.39, 0.29) is 5.82 Å². The summed E-state index contributed by atoms with van der Waals surface area (Å²) in [5.74, 6) is -0.166. The summed E-state index contributed by atoms with van der Waals surface area (Å²) in [7, 11) is 0. The third kappa shape index (κ3) is 3.92. The van der Waals surface area contributed by atoms with Crippen LogP contribution in [0, 0.1) is 5.82 Å². The van der Waals surface area contributed by atoms with Crippen LogP contribution >= 0.6 is 0 Å². The average molecular weight is 293 g/mol. The Bertz CT molecular complexity index is 673. The molecule has 3 rings (SSSR count). The molecule has 0 aliphatic carbocycles.